The number of anilines is 1. The Balaban J connectivity index is 2.33. The van der Waals surface area contributed by atoms with E-state index in [-0.39, 0.29) is 11.5 Å². The fourth-order valence-electron chi connectivity index (χ4n) is 2.37. The molecule has 0 atom stereocenters. The fraction of sp³-hybridized carbons (Fsp3) is 0.294. The summed E-state index contributed by atoms with van der Waals surface area (Å²) in [5.41, 5.74) is 2.61. The second-order valence-electron chi connectivity index (χ2n) is 5.29. The summed E-state index contributed by atoms with van der Waals surface area (Å²) in [5, 5.41) is 9.40. The molecular weight excluding hydrogens is 314 g/mol. The molecule has 2 rings (SSSR count). The highest BCUT2D eigenvalue weighted by Gasteiger charge is 2.17. The lowest BCUT2D eigenvalue weighted by molar-refractivity contribution is 0.267. The monoisotopic (exact) mass is 335 g/mol. The van der Waals surface area contributed by atoms with Gasteiger partial charge in [0.25, 0.3) is 10.0 Å². The smallest absolute Gasteiger partial charge is 0.262 e. The summed E-state index contributed by atoms with van der Waals surface area (Å²) in [5.74, 6) is 0.546. The van der Waals surface area contributed by atoms with Crippen molar-refractivity contribution >= 4 is 15.7 Å². The van der Waals surface area contributed by atoms with Gasteiger partial charge in [-0.05, 0) is 50.6 Å². The van der Waals surface area contributed by atoms with Gasteiger partial charge in [-0.15, -0.1) is 0 Å². The maximum Gasteiger partial charge on any atom is 0.262 e. The first-order chi connectivity index (χ1) is 10.9. The van der Waals surface area contributed by atoms with Crippen LogP contribution in [0.5, 0.6) is 5.75 Å². The van der Waals surface area contributed by atoms with Crippen molar-refractivity contribution in [1.29, 1.82) is 0 Å². The second kappa shape index (κ2) is 7.02. The predicted molar refractivity (Wildman–Crippen MR) is 90.3 cm³/mol. The lowest BCUT2D eigenvalue weighted by Crippen LogP contribution is -2.14. The molecular formula is C17H21NO4S. The van der Waals surface area contributed by atoms with Crippen molar-refractivity contribution in [3.05, 3.63) is 53.1 Å². The largest absolute Gasteiger partial charge is 0.494 e. The minimum atomic E-state index is -3.68. The normalized spacial score (nSPS) is 11.3. The average molecular weight is 335 g/mol. The summed E-state index contributed by atoms with van der Waals surface area (Å²) in [7, 11) is -3.68. The van der Waals surface area contributed by atoms with E-state index in [4.69, 9.17) is 4.74 Å². The standard InChI is InChI=1S/C17H21NO4S/c1-4-22-16-7-6-15(10-14(16)11-19)18-23(20,21)17-8-5-12(2)9-13(17)3/h5-10,18-19H,4,11H2,1-3H3. The fourth-order valence-corrected chi connectivity index (χ4v) is 3.65. The molecule has 0 aliphatic rings. The molecule has 2 N–H and O–H groups in total. The maximum atomic E-state index is 12.5. The van der Waals surface area contributed by atoms with E-state index in [2.05, 4.69) is 4.72 Å². The van der Waals surface area contributed by atoms with Crippen LogP contribution in [0.2, 0.25) is 0 Å². The van der Waals surface area contributed by atoms with E-state index in [0.29, 0.717) is 29.2 Å². The summed E-state index contributed by atoms with van der Waals surface area (Å²) >= 11 is 0. The van der Waals surface area contributed by atoms with Gasteiger partial charge in [0.2, 0.25) is 0 Å². The maximum absolute atomic E-state index is 12.5. The topological polar surface area (TPSA) is 75.6 Å². The van der Waals surface area contributed by atoms with Crippen molar-refractivity contribution in [2.75, 3.05) is 11.3 Å². The molecule has 0 amide bonds. The molecule has 0 fully saturated rings. The van der Waals surface area contributed by atoms with Gasteiger partial charge in [0.15, 0.2) is 0 Å². The third-order valence-corrected chi connectivity index (χ3v) is 4.94. The summed E-state index contributed by atoms with van der Waals surface area (Å²) < 4.78 is 33.0. The lowest BCUT2D eigenvalue weighted by Gasteiger charge is -2.13. The Hall–Kier alpha value is -2.05. The Morgan fingerprint density at radius 3 is 2.48 bits per heavy atom. The van der Waals surface area contributed by atoms with Gasteiger partial charge < -0.3 is 9.84 Å². The number of aliphatic hydroxyl groups is 1. The van der Waals surface area contributed by atoms with Crippen LogP contribution in [0.25, 0.3) is 0 Å². The molecule has 0 unspecified atom stereocenters. The first kappa shape index (κ1) is 17.3. The average Bonchev–Trinajstić information content (AvgIpc) is 2.48. The van der Waals surface area contributed by atoms with E-state index in [9.17, 15) is 13.5 Å². The second-order valence-corrected chi connectivity index (χ2v) is 6.94. The van der Waals surface area contributed by atoms with Gasteiger partial charge in [-0.1, -0.05) is 17.7 Å². The van der Waals surface area contributed by atoms with Gasteiger partial charge in [-0.25, -0.2) is 8.42 Å². The van der Waals surface area contributed by atoms with Crippen molar-refractivity contribution < 1.29 is 18.3 Å². The van der Waals surface area contributed by atoms with Crippen molar-refractivity contribution in [1.82, 2.24) is 0 Å². The molecule has 2 aromatic carbocycles. The van der Waals surface area contributed by atoms with Crippen LogP contribution >= 0.6 is 0 Å². The third-order valence-electron chi connectivity index (χ3n) is 3.40. The Kier molecular flexibility index (Phi) is 5.28. The number of hydrogen-bond acceptors (Lipinski definition) is 4. The molecule has 0 radical (unpaired) electrons. The van der Waals surface area contributed by atoms with Crippen molar-refractivity contribution in [3.63, 3.8) is 0 Å². The van der Waals surface area contributed by atoms with Gasteiger partial charge in [-0.3, -0.25) is 4.72 Å². The molecule has 0 aromatic heterocycles. The summed E-state index contributed by atoms with van der Waals surface area (Å²) in [6.45, 7) is 5.77. The zero-order valence-corrected chi connectivity index (χ0v) is 14.3. The Labute approximate surface area is 137 Å². The SMILES string of the molecule is CCOc1ccc(NS(=O)(=O)c2ccc(C)cc2C)cc1CO. The number of aliphatic hydroxyl groups excluding tert-OH is 1. The van der Waals surface area contributed by atoms with Crippen molar-refractivity contribution in [2.24, 2.45) is 0 Å². The van der Waals surface area contributed by atoms with E-state index in [1.54, 1.807) is 37.3 Å². The van der Waals surface area contributed by atoms with Crippen LogP contribution in [0.15, 0.2) is 41.3 Å². The molecule has 23 heavy (non-hydrogen) atoms. The number of nitrogens with one attached hydrogen (secondary N) is 1. The molecule has 0 aliphatic carbocycles. The van der Waals surface area contributed by atoms with Crippen LogP contribution in [0, 0.1) is 13.8 Å². The minimum absolute atomic E-state index is 0.228. The molecule has 0 saturated heterocycles. The first-order valence-electron chi connectivity index (χ1n) is 7.34. The quantitative estimate of drug-likeness (QED) is 0.851. The van der Waals surface area contributed by atoms with E-state index in [0.717, 1.165) is 5.56 Å². The number of rotatable bonds is 6. The third kappa shape index (κ3) is 4.03. The van der Waals surface area contributed by atoms with Gasteiger partial charge in [0.1, 0.15) is 5.75 Å². The lowest BCUT2D eigenvalue weighted by atomic mass is 10.2. The van der Waals surface area contributed by atoms with Crippen LogP contribution in [-0.2, 0) is 16.6 Å². The molecule has 6 heteroatoms. The molecule has 0 bridgehead atoms. The molecule has 124 valence electrons. The summed E-state index contributed by atoms with van der Waals surface area (Å²) in [6, 6.07) is 10.0. The predicted octanol–water partition coefficient (Wildman–Crippen LogP) is 3.00. The summed E-state index contributed by atoms with van der Waals surface area (Å²) in [4.78, 5) is 0.238. The van der Waals surface area contributed by atoms with E-state index < -0.39 is 10.0 Å². The minimum Gasteiger partial charge on any atom is -0.494 e. The van der Waals surface area contributed by atoms with Crippen LogP contribution in [0.1, 0.15) is 23.6 Å². The molecule has 5 nitrogen and oxygen atoms in total. The Morgan fingerprint density at radius 1 is 1.13 bits per heavy atom. The molecule has 0 spiro atoms. The van der Waals surface area contributed by atoms with Crippen LogP contribution in [-0.4, -0.2) is 20.1 Å². The van der Waals surface area contributed by atoms with E-state index in [1.165, 1.54) is 0 Å². The molecule has 0 heterocycles. The first-order valence-corrected chi connectivity index (χ1v) is 8.82. The molecule has 0 aliphatic heterocycles. The zero-order chi connectivity index (χ0) is 17.0. The van der Waals surface area contributed by atoms with Gasteiger partial charge in [0, 0.05) is 11.3 Å². The molecule has 0 saturated carbocycles. The van der Waals surface area contributed by atoms with Gasteiger partial charge in [-0.2, -0.15) is 0 Å². The van der Waals surface area contributed by atoms with Gasteiger partial charge >= 0.3 is 0 Å². The Morgan fingerprint density at radius 2 is 1.87 bits per heavy atom. The van der Waals surface area contributed by atoms with E-state index in [1.807, 2.05) is 19.9 Å². The van der Waals surface area contributed by atoms with Crippen LogP contribution < -0.4 is 9.46 Å². The summed E-state index contributed by atoms with van der Waals surface area (Å²) in [6.07, 6.45) is 0. The van der Waals surface area contributed by atoms with Gasteiger partial charge in [0.05, 0.1) is 18.1 Å². The van der Waals surface area contributed by atoms with Crippen LogP contribution in [0.4, 0.5) is 5.69 Å². The zero-order valence-electron chi connectivity index (χ0n) is 13.5. The Bertz CT molecular complexity index is 800. The van der Waals surface area contributed by atoms with Crippen molar-refractivity contribution in [3.8, 4) is 5.75 Å². The van der Waals surface area contributed by atoms with Crippen LogP contribution in [0.3, 0.4) is 0 Å². The van der Waals surface area contributed by atoms with E-state index >= 15 is 0 Å². The van der Waals surface area contributed by atoms with Crippen molar-refractivity contribution in [2.45, 2.75) is 32.3 Å². The number of sulfonamides is 1. The highest BCUT2D eigenvalue weighted by Crippen LogP contribution is 2.26. The number of aryl methyl sites for hydroxylation is 2. The number of benzene rings is 2. The highest BCUT2D eigenvalue weighted by molar-refractivity contribution is 7.92. The number of hydrogen-bond donors (Lipinski definition) is 2. The highest BCUT2D eigenvalue weighted by atomic mass is 32.2. The molecule has 2 aromatic rings. The number of ether oxygens (including phenoxy) is 1.